The number of hydrogen-bond acceptors (Lipinski definition) is 4. The zero-order chi connectivity index (χ0) is 16.2. The lowest BCUT2D eigenvalue weighted by atomic mass is 9.84. The van der Waals surface area contributed by atoms with Crippen molar-refractivity contribution in [2.45, 2.75) is 26.4 Å². The fraction of sp³-hybridized carbons (Fsp3) is 0.353. The summed E-state index contributed by atoms with van der Waals surface area (Å²) in [5.41, 5.74) is 1.01. The lowest BCUT2D eigenvalue weighted by molar-refractivity contribution is 0.0697. The van der Waals surface area contributed by atoms with E-state index < -0.39 is 5.97 Å². The molecule has 0 fully saturated rings. The van der Waals surface area contributed by atoms with Crippen LogP contribution in [0.3, 0.4) is 0 Å². The Morgan fingerprint density at radius 1 is 1.27 bits per heavy atom. The van der Waals surface area contributed by atoms with Gasteiger partial charge in [0.2, 0.25) is 0 Å². The number of carboxylic acid groups (broad SMARTS) is 1. The summed E-state index contributed by atoms with van der Waals surface area (Å²) in [6, 6.07) is 10.9. The number of thiophene rings is 1. The van der Waals surface area contributed by atoms with Gasteiger partial charge >= 0.3 is 5.97 Å². The molecule has 0 bridgehead atoms. The molecule has 3 N–H and O–H groups in total. The van der Waals surface area contributed by atoms with Crippen LogP contribution < -0.4 is 5.32 Å². The molecule has 4 nitrogen and oxygen atoms in total. The van der Waals surface area contributed by atoms with Gasteiger partial charge in [0.05, 0.1) is 12.2 Å². The number of aromatic carboxylic acids is 1. The second kappa shape index (κ2) is 7.05. The van der Waals surface area contributed by atoms with Crippen LogP contribution in [0.15, 0.2) is 41.8 Å². The minimum Gasteiger partial charge on any atom is -0.478 e. The second-order valence-corrected chi connectivity index (χ2v) is 6.96. The Bertz CT molecular complexity index is 605. The van der Waals surface area contributed by atoms with Gasteiger partial charge in [-0.05, 0) is 29.1 Å². The zero-order valence-corrected chi connectivity index (χ0v) is 13.6. The molecule has 1 heterocycles. The van der Waals surface area contributed by atoms with Crippen molar-refractivity contribution in [2.75, 3.05) is 6.61 Å². The van der Waals surface area contributed by atoms with Crippen LogP contribution in [0.4, 0.5) is 0 Å². The van der Waals surface area contributed by atoms with Crippen molar-refractivity contribution in [2.24, 2.45) is 5.41 Å². The first-order valence-electron chi connectivity index (χ1n) is 7.14. The molecule has 1 atom stereocenters. The highest BCUT2D eigenvalue weighted by Gasteiger charge is 2.30. The number of aliphatic hydroxyl groups is 1. The predicted molar refractivity (Wildman–Crippen MR) is 88.2 cm³/mol. The van der Waals surface area contributed by atoms with Crippen molar-refractivity contribution >= 4 is 17.3 Å². The average Bonchev–Trinajstić information content (AvgIpc) is 3.01. The Labute approximate surface area is 134 Å². The summed E-state index contributed by atoms with van der Waals surface area (Å²) in [5.74, 6) is -0.919. The summed E-state index contributed by atoms with van der Waals surface area (Å²) in [6.45, 7) is 4.75. The highest BCUT2D eigenvalue weighted by atomic mass is 32.1. The van der Waals surface area contributed by atoms with Crippen LogP contribution in [0.5, 0.6) is 0 Å². The average molecular weight is 319 g/mol. The van der Waals surface area contributed by atoms with Crippen molar-refractivity contribution < 1.29 is 15.0 Å². The second-order valence-electron chi connectivity index (χ2n) is 5.98. The van der Waals surface area contributed by atoms with Crippen LogP contribution in [-0.4, -0.2) is 22.8 Å². The number of carbonyl (C=O) groups is 1. The Kier molecular flexibility index (Phi) is 5.34. The maximum absolute atomic E-state index is 10.9. The van der Waals surface area contributed by atoms with E-state index in [1.165, 1.54) is 4.88 Å². The molecule has 0 saturated carbocycles. The highest BCUT2D eigenvalue weighted by molar-refractivity contribution is 7.10. The summed E-state index contributed by atoms with van der Waals surface area (Å²) >= 11 is 1.66. The number of aliphatic hydroxyl groups excluding tert-OH is 1. The molecule has 0 radical (unpaired) electrons. The lowest BCUT2D eigenvalue weighted by Crippen LogP contribution is -2.36. The van der Waals surface area contributed by atoms with Gasteiger partial charge in [0, 0.05) is 22.9 Å². The number of hydrogen-bond donors (Lipinski definition) is 3. The van der Waals surface area contributed by atoms with E-state index >= 15 is 0 Å². The Morgan fingerprint density at radius 2 is 1.95 bits per heavy atom. The minimum atomic E-state index is -0.919. The molecule has 1 aromatic carbocycles. The Morgan fingerprint density at radius 3 is 2.45 bits per heavy atom. The topological polar surface area (TPSA) is 69.6 Å². The molecule has 0 aliphatic heterocycles. The zero-order valence-electron chi connectivity index (χ0n) is 12.7. The molecule has 0 aliphatic carbocycles. The first-order chi connectivity index (χ1) is 10.4. The van der Waals surface area contributed by atoms with E-state index in [0.29, 0.717) is 6.54 Å². The summed E-state index contributed by atoms with van der Waals surface area (Å²) < 4.78 is 0. The molecule has 2 aromatic rings. The van der Waals surface area contributed by atoms with Gasteiger partial charge < -0.3 is 15.5 Å². The fourth-order valence-corrected chi connectivity index (χ4v) is 3.30. The van der Waals surface area contributed by atoms with Crippen molar-refractivity contribution in [1.29, 1.82) is 0 Å². The smallest absolute Gasteiger partial charge is 0.335 e. The molecule has 2 rings (SSSR count). The van der Waals surface area contributed by atoms with E-state index in [9.17, 15) is 9.90 Å². The molecule has 5 heteroatoms. The van der Waals surface area contributed by atoms with Crippen LogP contribution in [0, 0.1) is 5.41 Å². The van der Waals surface area contributed by atoms with Crippen molar-refractivity contribution in [3.05, 3.63) is 57.8 Å². The van der Waals surface area contributed by atoms with E-state index in [1.807, 2.05) is 37.4 Å². The predicted octanol–water partition coefficient (Wildman–Crippen LogP) is 3.30. The molecule has 22 heavy (non-hydrogen) atoms. The van der Waals surface area contributed by atoms with Gasteiger partial charge in [0.1, 0.15) is 0 Å². The Hall–Kier alpha value is -1.69. The normalized spacial score (nSPS) is 13.0. The van der Waals surface area contributed by atoms with Crippen LogP contribution in [0.2, 0.25) is 0 Å². The molecule has 0 amide bonds. The molecule has 118 valence electrons. The highest BCUT2D eigenvalue weighted by Crippen LogP contribution is 2.35. The maximum atomic E-state index is 10.9. The monoisotopic (exact) mass is 319 g/mol. The van der Waals surface area contributed by atoms with Crippen molar-refractivity contribution in [3.8, 4) is 0 Å². The third-order valence-electron chi connectivity index (χ3n) is 3.73. The quantitative estimate of drug-likeness (QED) is 0.732. The maximum Gasteiger partial charge on any atom is 0.335 e. The van der Waals surface area contributed by atoms with E-state index in [4.69, 9.17) is 5.11 Å². The van der Waals surface area contributed by atoms with Crippen LogP contribution in [0.25, 0.3) is 0 Å². The van der Waals surface area contributed by atoms with E-state index in [-0.39, 0.29) is 23.6 Å². The van der Waals surface area contributed by atoms with Gasteiger partial charge in [0.15, 0.2) is 0 Å². The molecular weight excluding hydrogens is 298 g/mol. The number of rotatable bonds is 7. The summed E-state index contributed by atoms with van der Waals surface area (Å²) in [4.78, 5) is 12.0. The summed E-state index contributed by atoms with van der Waals surface area (Å²) in [5, 5.41) is 24.1. The summed E-state index contributed by atoms with van der Waals surface area (Å²) in [6.07, 6.45) is 0. The standard InChI is InChI=1S/C17H21NO3S/c1-17(2,11-19)15(14-4-3-9-22-14)18-10-12-5-7-13(8-6-12)16(20)21/h3-9,15,18-19H,10-11H2,1-2H3,(H,20,21). The molecule has 1 unspecified atom stereocenters. The van der Waals surface area contributed by atoms with E-state index in [0.717, 1.165) is 5.56 Å². The molecule has 0 aliphatic rings. The van der Waals surface area contributed by atoms with Crippen molar-refractivity contribution in [3.63, 3.8) is 0 Å². The van der Waals surface area contributed by atoms with Gasteiger partial charge in [-0.25, -0.2) is 4.79 Å². The third-order valence-corrected chi connectivity index (χ3v) is 4.67. The molecule has 0 spiro atoms. The van der Waals surface area contributed by atoms with Crippen LogP contribution >= 0.6 is 11.3 Å². The SMILES string of the molecule is CC(C)(CO)C(NCc1ccc(C(=O)O)cc1)c1cccs1. The first kappa shape index (κ1) is 16.7. The lowest BCUT2D eigenvalue weighted by Gasteiger charge is -2.33. The molecule has 1 aromatic heterocycles. The minimum absolute atomic E-state index is 0.0386. The van der Waals surface area contributed by atoms with Gasteiger partial charge in [-0.2, -0.15) is 0 Å². The number of benzene rings is 1. The molecular formula is C17H21NO3S. The van der Waals surface area contributed by atoms with Crippen molar-refractivity contribution in [1.82, 2.24) is 5.32 Å². The van der Waals surface area contributed by atoms with Gasteiger partial charge in [-0.3, -0.25) is 0 Å². The molecule has 0 saturated heterocycles. The summed E-state index contributed by atoms with van der Waals surface area (Å²) in [7, 11) is 0. The van der Waals surface area contributed by atoms with Gasteiger partial charge in [-0.15, -0.1) is 11.3 Å². The van der Waals surface area contributed by atoms with Crippen LogP contribution in [-0.2, 0) is 6.54 Å². The number of carboxylic acids is 1. The van der Waals surface area contributed by atoms with Gasteiger partial charge in [-0.1, -0.05) is 32.0 Å². The third kappa shape index (κ3) is 3.94. The Balaban J connectivity index is 2.10. The first-order valence-corrected chi connectivity index (χ1v) is 8.02. The van der Waals surface area contributed by atoms with E-state index in [1.54, 1.807) is 23.5 Å². The van der Waals surface area contributed by atoms with Crippen LogP contribution in [0.1, 0.15) is 40.7 Å². The fourth-order valence-electron chi connectivity index (χ4n) is 2.29. The largest absolute Gasteiger partial charge is 0.478 e. The van der Waals surface area contributed by atoms with E-state index in [2.05, 4.69) is 11.4 Å². The van der Waals surface area contributed by atoms with Gasteiger partial charge in [0.25, 0.3) is 0 Å². The number of nitrogens with one attached hydrogen (secondary N) is 1.